The van der Waals surface area contributed by atoms with Crippen molar-refractivity contribution in [2.45, 2.75) is 39.8 Å². The highest BCUT2D eigenvalue weighted by Crippen LogP contribution is 2.38. The van der Waals surface area contributed by atoms with Crippen molar-refractivity contribution in [3.8, 4) is 11.4 Å². The number of aromatic nitrogens is 2. The summed E-state index contributed by atoms with van der Waals surface area (Å²) < 4.78 is 5.79. The van der Waals surface area contributed by atoms with Crippen molar-refractivity contribution in [3.63, 3.8) is 0 Å². The van der Waals surface area contributed by atoms with Crippen LogP contribution in [0.3, 0.4) is 0 Å². The molecule has 182 valence electrons. The molecule has 0 bridgehead atoms. The van der Waals surface area contributed by atoms with Gasteiger partial charge in [-0.2, -0.15) is 4.98 Å². The molecule has 0 spiro atoms. The largest absolute Gasteiger partial charge is 0.334 e. The minimum absolute atomic E-state index is 0.198. The van der Waals surface area contributed by atoms with Crippen molar-refractivity contribution in [1.29, 1.82) is 0 Å². The predicted molar refractivity (Wildman–Crippen MR) is 141 cm³/mol. The third-order valence-corrected chi connectivity index (χ3v) is 6.75. The fourth-order valence-electron chi connectivity index (χ4n) is 4.40. The van der Waals surface area contributed by atoms with E-state index in [0.717, 1.165) is 34.4 Å². The first-order chi connectivity index (χ1) is 17.4. The highest BCUT2D eigenvalue weighted by molar-refractivity contribution is 6.30. The Morgan fingerprint density at radius 1 is 1.00 bits per heavy atom. The number of aryl methyl sites for hydroxylation is 2. The Kier molecular flexibility index (Phi) is 6.61. The number of halogens is 1. The Hall–Kier alpha value is -3.90. The molecular formula is C29H27ClN4O2. The minimum Gasteiger partial charge on any atom is -0.334 e. The number of hydrogen-bond acceptors (Lipinski definition) is 4. The van der Waals surface area contributed by atoms with Gasteiger partial charge >= 0.3 is 6.03 Å². The zero-order valence-electron chi connectivity index (χ0n) is 20.5. The Morgan fingerprint density at radius 3 is 2.42 bits per heavy atom. The number of benzene rings is 3. The molecule has 1 aromatic heterocycles. The summed E-state index contributed by atoms with van der Waals surface area (Å²) in [5, 5.41) is 7.97. The first-order valence-electron chi connectivity index (χ1n) is 12.0. The van der Waals surface area contributed by atoms with E-state index in [2.05, 4.69) is 29.5 Å². The third kappa shape index (κ3) is 4.77. The molecule has 2 amide bonds. The lowest BCUT2D eigenvalue weighted by molar-refractivity contribution is 0.203. The molecule has 0 fully saturated rings. The zero-order chi connectivity index (χ0) is 25.2. The second kappa shape index (κ2) is 9.99. The van der Waals surface area contributed by atoms with Gasteiger partial charge in [0.05, 0.1) is 18.2 Å². The quantitative estimate of drug-likeness (QED) is 0.312. The summed E-state index contributed by atoms with van der Waals surface area (Å²) in [6, 6.07) is 23.0. The third-order valence-electron chi connectivity index (χ3n) is 6.52. The molecule has 0 saturated carbocycles. The van der Waals surface area contributed by atoms with Crippen LogP contribution < -0.4 is 5.32 Å². The molecule has 36 heavy (non-hydrogen) atoms. The Balaban J connectivity index is 1.58. The number of urea groups is 1. The topological polar surface area (TPSA) is 71.3 Å². The van der Waals surface area contributed by atoms with E-state index in [1.807, 2.05) is 68.4 Å². The Labute approximate surface area is 215 Å². The van der Waals surface area contributed by atoms with E-state index < -0.39 is 6.04 Å². The van der Waals surface area contributed by atoms with E-state index in [-0.39, 0.29) is 6.03 Å². The number of nitrogens with zero attached hydrogens (tertiary/aromatic N) is 3. The molecule has 0 saturated heterocycles. The van der Waals surface area contributed by atoms with Crippen LogP contribution in [0.15, 0.2) is 83.0 Å². The number of carbonyl (C=O) groups is 1. The number of hydrogen-bond donors (Lipinski definition) is 1. The monoisotopic (exact) mass is 498 g/mol. The molecule has 1 unspecified atom stereocenters. The van der Waals surface area contributed by atoms with Crippen molar-refractivity contribution < 1.29 is 9.32 Å². The minimum atomic E-state index is -0.485. The molecule has 0 aliphatic carbocycles. The maximum atomic E-state index is 13.3. The summed E-state index contributed by atoms with van der Waals surface area (Å²) in [6.07, 6.45) is 0.960. The molecule has 1 aliphatic rings. The molecule has 1 N–H and O–H groups in total. The summed E-state index contributed by atoms with van der Waals surface area (Å²) in [6.45, 7) is 6.49. The fourth-order valence-corrected chi connectivity index (χ4v) is 4.60. The van der Waals surface area contributed by atoms with Gasteiger partial charge in [-0.25, -0.2) is 4.79 Å². The SMILES string of the molecule is CCc1ccc(-c2noc(C3=C(C)N(Cc4ccc(C)cc4)C(=O)NC3c3cccc(Cl)c3)n2)cc1. The van der Waals surface area contributed by atoms with E-state index in [1.165, 1.54) is 11.1 Å². The summed E-state index contributed by atoms with van der Waals surface area (Å²) in [7, 11) is 0. The molecule has 4 aromatic rings. The highest BCUT2D eigenvalue weighted by atomic mass is 35.5. The Morgan fingerprint density at radius 2 is 1.72 bits per heavy atom. The van der Waals surface area contributed by atoms with Crippen LogP contribution in [0, 0.1) is 6.92 Å². The molecule has 0 radical (unpaired) electrons. The van der Waals surface area contributed by atoms with E-state index in [9.17, 15) is 4.79 Å². The smallest absolute Gasteiger partial charge is 0.322 e. The van der Waals surface area contributed by atoms with Gasteiger partial charge in [0.15, 0.2) is 0 Å². The molecule has 2 heterocycles. The van der Waals surface area contributed by atoms with Crippen LogP contribution in [0.2, 0.25) is 5.02 Å². The van der Waals surface area contributed by atoms with Crippen LogP contribution in [-0.2, 0) is 13.0 Å². The zero-order valence-corrected chi connectivity index (χ0v) is 21.2. The van der Waals surface area contributed by atoms with Crippen LogP contribution >= 0.6 is 11.6 Å². The van der Waals surface area contributed by atoms with Gasteiger partial charge in [-0.1, -0.05) is 89.9 Å². The molecule has 6 nitrogen and oxygen atoms in total. The van der Waals surface area contributed by atoms with E-state index >= 15 is 0 Å². The standard InChI is InChI=1S/C29H27ClN4O2/c1-4-20-12-14-22(15-13-20)27-32-28(36-33-27)25-19(3)34(17-21-10-8-18(2)9-11-21)29(35)31-26(25)23-6-5-7-24(30)16-23/h5-16,26H,4,17H2,1-3H3,(H,31,35). The van der Waals surface area contributed by atoms with Gasteiger partial charge in [0.1, 0.15) is 0 Å². The first-order valence-corrected chi connectivity index (χ1v) is 12.3. The molecule has 3 aromatic carbocycles. The number of allylic oxidation sites excluding steroid dienone is 1. The summed E-state index contributed by atoms with van der Waals surface area (Å²) in [5.74, 6) is 0.862. The average molecular weight is 499 g/mol. The molecular weight excluding hydrogens is 472 g/mol. The predicted octanol–water partition coefficient (Wildman–Crippen LogP) is 6.96. The number of amides is 2. The van der Waals surface area contributed by atoms with Crippen LogP contribution in [0.1, 0.15) is 48.0 Å². The number of carbonyl (C=O) groups excluding carboxylic acids is 1. The van der Waals surface area contributed by atoms with Gasteiger partial charge in [-0.3, -0.25) is 4.90 Å². The highest BCUT2D eigenvalue weighted by Gasteiger charge is 2.36. The van der Waals surface area contributed by atoms with Crippen molar-refractivity contribution in [1.82, 2.24) is 20.4 Å². The molecule has 7 heteroatoms. The van der Waals surface area contributed by atoms with Crippen molar-refractivity contribution in [2.24, 2.45) is 0 Å². The first kappa shape index (κ1) is 23.8. The van der Waals surface area contributed by atoms with Gasteiger partial charge in [0, 0.05) is 16.3 Å². The average Bonchev–Trinajstić information content (AvgIpc) is 3.37. The lowest BCUT2D eigenvalue weighted by atomic mass is 9.94. The lowest BCUT2D eigenvalue weighted by Gasteiger charge is -2.35. The van der Waals surface area contributed by atoms with Gasteiger partial charge in [0.25, 0.3) is 5.89 Å². The number of nitrogens with one attached hydrogen (secondary N) is 1. The van der Waals surface area contributed by atoms with Gasteiger partial charge in [-0.15, -0.1) is 0 Å². The van der Waals surface area contributed by atoms with Gasteiger partial charge < -0.3 is 9.84 Å². The second-order valence-electron chi connectivity index (χ2n) is 8.98. The molecule has 5 rings (SSSR count). The van der Waals surface area contributed by atoms with Crippen molar-refractivity contribution in [2.75, 3.05) is 0 Å². The summed E-state index contributed by atoms with van der Waals surface area (Å²) in [4.78, 5) is 19.7. The summed E-state index contributed by atoms with van der Waals surface area (Å²) in [5.41, 5.74) is 6.64. The summed E-state index contributed by atoms with van der Waals surface area (Å²) >= 11 is 6.30. The van der Waals surface area contributed by atoms with Crippen LogP contribution in [0.5, 0.6) is 0 Å². The van der Waals surface area contributed by atoms with E-state index in [1.54, 1.807) is 11.0 Å². The van der Waals surface area contributed by atoms with Gasteiger partial charge in [-0.05, 0) is 49.1 Å². The van der Waals surface area contributed by atoms with E-state index in [4.69, 9.17) is 21.1 Å². The normalized spacial score (nSPS) is 15.8. The lowest BCUT2D eigenvalue weighted by Crippen LogP contribution is -2.45. The second-order valence-corrected chi connectivity index (χ2v) is 9.42. The maximum absolute atomic E-state index is 13.3. The van der Waals surface area contributed by atoms with Crippen molar-refractivity contribution >= 4 is 23.2 Å². The fraction of sp³-hybridized carbons (Fsp3) is 0.207. The van der Waals surface area contributed by atoms with Crippen molar-refractivity contribution in [3.05, 3.63) is 112 Å². The Bertz CT molecular complexity index is 1420. The van der Waals surface area contributed by atoms with Gasteiger partial charge in [0.2, 0.25) is 5.82 Å². The van der Waals surface area contributed by atoms with E-state index in [0.29, 0.717) is 23.3 Å². The molecule has 1 aliphatic heterocycles. The van der Waals surface area contributed by atoms with Crippen LogP contribution in [-0.4, -0.2) is 21.1 Å². The van der Waals surface area contributed by atoms with Crippen LogP contribution in [0.25, 0.3) is 17.0 Å². The maximum Gasteiger partial charge on any atom is 0.322 e. The van der Waals surface area contributed by atoms with Crippen LogP contribution in [0.4, 0.5) is 4.79 Å². The number of rotatable bonds is 6. The molecule has 1 atom stereocenters.